The number of rotatable bonds is 16. The topological polar surface area (TPSA) is 95.9 Å². The summed E-state index contributed by atoms with van der Waals surface area (Å²) in [5.74, 6) is -1.57. The Morgan fingerprint density at radius 3 is 2.28 bits per heavy atom. The predicted octanol–water partition coefficient (Wildman–Crippen LogP) is 3.96. The first-order chi connectivity index (χ1) is 17.5. The Balaban J connectivity index is 2.05. The molecular formula is C29H36N2O5. The van der Waals surface area contributed by atoms with Gasteiger partial charge >= 0.3 is 5.97 Å². The van der Waals surface area contributed by atoms with Crippen molar-refractivity contribution in [2.45, 2.75) is 38.3 Å². The summed E-state index contributed by atoms with van der Waals surface area (Å²) in [4.78, 5) is 39.9. The summed E-state index contributed by atoms with van der Waals surface area (Å²) in [6.07, 6.45) is 3.59. The standard InChI is InChI=1S/C29H36N2O5/c1-3-5-17-28(34)36-26(24-15-10-7-11-16-24)21-30-29(35)25(12-4-2)20-27(33)31(18-19-32)22-23-13-8-6-9-14-23/h3-4,6-11,13-16,25-26,32H,1-2,5,12,17-22H2,(H,30,35)/t25-,26-/m0/s1. The Morgan fingerprint density at radius 1 is 1.00 bits per heavy atom. The molecule has 0 fully saturated rings. The van der Waals surface area contributed by atoms with Gasteiger partial charge in [0.25, 0.3) is 0 Å². The minimum atomic E-state index is -0.656. The SMILES string of the molecule is C=CCCC(=O)O[C@@H](CNC(=O)[C@@H](CC=C)CC(=O)N(CCO)Cc1ccccc1)c1ccccc1. The molecule has 0 unspecified atom stereocenters. The molecule has 2 aromatic rings. The fourth-order valence-corrected chi connectivity index (χ4v) is 3.71. The highest BCUT2D eigenvalue weighted by molar-refractivity contribution is 5.86. The lowest BCUT2D eigenvalue weighted by Crippen LogP contribution is -2.39. The number of carbonyl (C=O) groups is 3. The molecular weight excluding hydrogens is 456 g/mol. The molecule has 0 saturated carbocycles. The van der Waals surface area contributed by atoms with Gasteiger partial charge in [0.1, 0.15) is 6.10 Å². The van der Waals surface area contributed by atoms with Crippen molar-refractivity contribution in [3.63, 3.8) is 0 Å². The van der Waals surface area contributed by atoms with E-state index in [1.807, 2.05) is 60.7 Å². The summed E-state index contributed by atoms with van der Waals surface area (Å²) in [5, 5.41) is 12.3. The number of aliphatic hydroxyl groups excluding tert-OH is 1. The molecule has 2 N–H and O–H groups in total. The molecule has 0 aliphatic rings. The molecule has 36 heavy (non-hydrogen) atoms. The van der Waals surface area contributed by atoms with Crippen molar-refractivity contribution in [1.82, 2.24) is 10.2 Å². The Morgan fingerprint density at radius 2 is 1.67 bits per heavy atom. The second-order valence-corrected chi connectivity index (χ2v) is 8.41. The Bertz CT molecular complexity index is 978. The smallest absolute Gasteiger partial charge is 0.306 e. The summed E-state index contributed by atoms with van der Waals surface area (Å²) in [7, 11) is 0. The van der Waals surface area contributed by atoms with Gasteiger partial charge in [0.2, 0.25) is 11.8 Å². The highest BCUT2D eigenvalue weighted by atomic mass is 16.5. The highest BCUT2D eigenvalue weighted by Gasteiger charge is 2.25. The maximum Gasteiger partial charge on any atom is 0.306 e. The number of nitrogens with one attached hydrogen (secondary N) is 1. The van der Waals surface area contributed by atoms with E-state index in [4.69, 9.17) is 4.74 Å². The number of esters is 1. The van der Waals surface area contributed by atoms with Gasteiger partial charge in [0.05, 0.1) is 19.1 Å². The van der Waals surface area contributed by atoms with E-state index in [0.717, 1.165) is 11.1 Å². The van der Waals surface area contributed by atoms with Crippen LogP contribution in [-0.2, 0) is 25.7 Å². The van der Waals surface area contributed by atoms with E-state index in [-0.39, 0.29) is 50.3 Å². The lowest BCUT2D eigenvalue weighted by molar-refractivity contribution is -0.150. The first-order valence-electron chi connectivity index (χ1n) is 12.1. The van der Waals surface area contributed by atoms with Crippen LogP contribution in [0.15, 0.2) is 86.0 Å². The van der Waals surface area contributed by atoms with E-state index < -0.39 is 12.0 Å². The van der Waals surface area contributed by atoms with Gasteiger partial charge in [-0.25, -0.2) is 0 Å². The number of amides is 2. The molecule has 2 amide bonds. The maximum atomic E-state index is 13.1. The molecule has 192 valence electrons. The summed E-state index contributed by atoms with van der Waals surface area (Å²) in [5.41, 5.74) is 1.70. The quantitative estimate of drug-likeness (QED) is 0.273. The predicted molar refractivity (Wildman–Crippen MR) is 140 cm³/mol. The van der Waals surface area contributed by atoms with Crippen LogP contribution in [0.25, 0.3) is 0 Å². The Kier molecular flexibility index (Phi) is 12.7. The van der Waals surface area contributed by atoms with Crippen LogP contribution in [0.5, 0.6) is 0 Å². The zero-order valence-electron chi connectivity index (χ0n) is 20.7. The van der Waals surface area contributed by atoms with Crippen molar-refractivity contribution in [3.05, 3.63) is 97.1 Å². The van der Waals surface area contributed by atoms with Crippen LogP contribution in [-0.4, -0.2) is 47.5 Å². The molecule has 0 saturated heterocycles. The number of carbonyl (C=O) groups excluding carboxylic acids is 3. The summed E-state index contributed by atoms with van der Waals surface area (Å²) >= 11 is 0. The van der Waals surface area contributed by atoms with Crippen LogP contribution in [0.4, 0.5) is 0 Å². The third-order valence-electron chi connectivity index (χ3n) is 5.64. The highest BCUT2D eigenvalue weighted by Crippen LogP contribution is 2.19. The average molecular weight is 493 g/mol. The second-order valence-electron chi connectivity index (χ2n) is 8.41. The van der Waals surface area contributed by atoms with E-state index in [2.05, 4.69) is 18.5 Å². The van der Waals surface area contributed by atoms with E-state index in [1.165, 1.54) is 0 Å². The Labute approximate surface area is 213 Å². The van der Waals surface area contributed by atoms with Crippen molar-refractivity contribution in [3.8, 4) is 0 Å². The van der Waals surface area contributed by atoms with Gasteiger partial charge in [-0.3, -0.25) is 14.4 Å². The number of hydrogen-bond donors (Lipinski definition) is 2. The Hall–Kier alpha value is -3.71. The number of ether oxygens (including phenoxy) is 1. The van der Waals surface area contributed by atoms with Gasteiger partial charge in [0, 0.05) is 25.9 Å². The molecule has 0 heterocycles. The van der Waals surface area contributed by atoms with Crippen LogP contribution in [0.3, 0.4) is 0 Å². The fourth-order valence-electron chi connectivity index (χ4n) is 3.71. The minimum Gasteiger partial charge on any atom is -0.456 e. The number of allylic oxidation sites excluding steroid dienone is 2. The van der Waals surface area contributed by atoms with E-state index in [1.54, 1.807) is 17.1 Å². The van der Waals surface area contributed by atoms with Gasteiger partial charge in [-0.2, -0.15) is 0 Å². The normalized spacial score (nSPS) is 12.1. The fraction of sp³-hybridized carbons (Fsp3) is 0.345. The molecule has 0 aromatic heterocycles. The molecule has 0 spiro atoms. The lowest BCUT2D eigenvalue weighted by atomic mass is 9.98. The summed E-state index contributed by atoms with van der Waals surface area (Å²) in [6, 6.07) is 18.7. The lowest BCUT2D eigenvalue weighted by Gasteiger charge is -2.25. The van der Waals surface area contributed by atoms with Gasteiger partial charge in [0.15, 0.2) is 0 Å². The third-order valence-corrected chi connectivity index (χ3v) is 5.64. The van der Waals surface area contributed by atoms with Crippen LogP contribution in [0.2, 0.25) is 0 Å². The minimum absolute atomic E-state index is 0.0280. The zero-order chi connectivity index (χ0) is 26.2. The first-order valence-corrected chi connectivity index (χ1v) is 12.1. The maximum absolute atomic E-state index is 13.1. The molecule has 0 aliphatic carbocycles. The number of nitrogens with zero attached hydrogens (tertiary/aromatic N) is 1. The van der Waals surface area contributed by atoms with E-state index >= 15 is 0 Å². The van der Waals surface area contributed by atoms with E-state index in [9.17, 15) is 19.5 Å². The molecule has 2 atom stereocenters. The van der Waals surface area contributed by atoms with Crippen molar-refractivity contribution in [2.24, 2.45) is 5.92 Å². The molecule has 7 heteroatoms. The molecule has 0 radical (unpaired) electrons. The van der Waals surface area contributed by atoms with E-state index in [0.29, 0.717) is 19.4 Å². The number of aliphatic hydroxyl groups is 1. The van der Waals surface area contributed by atoms with Crippen LogP contribution < -0.4 is 5.32 Å². The van der Waals surface area contributed by atoms with Crippen molar-refractivity contribution in [1.29, 1.82) is 0 Å². The molecule has 0 bridgehead atoms. The monoisotopic (exact) mass is 492 g/mol. The molecule has 7 nitrogen and oxygen atoms in total. The van der Waals surface area contributed by atoms with Crippen molar-refractivity contribution in [2.75, 3.05) is 19.7 Å². The first kappa shape index (κ1) is 28.5. The van der Waals surface area contributed by atoms with Gasteiger partial charge in [-0.1, -0.05) is 72.8 Å². The summed E-state index contributed by atoms with van der Waals surface area (Å²) < 4.78 is 5.62. The average Bonchev–Trinajstić information content (AvgIpc) is 2.90. The van der Waals surface area contributed by atoms with Crippen LogP contribution in [0.1, 0.15) is 42.9 Å². The second kappa shape index (κ2) is 16.1. The van der Waals surface area contributed by atoms with Crippen molar-refractivity contribution >= 4 is 17.8 Å². The number of benzene rings is 2. The van der Waals surface area contributed by atoms with Gasteiger partial charge < -0.3 is 20.1 Å². The van der Waals surface area contributed by atoms with Gasteiger partial charge in [-0.05, 0) is 24.0 Å². The third kappa shape index (κ3) is 9.88. The largest absolute Gasteiger partial charge is 0.456 e. The molecule has 0 aliphatic heterocycles. The van der Waals surface area contributed by atoms with Crippen LogP contribution >= 0.6 is 0 Å². The number of hydrogen-bond acceptors (Lipinski definition) is 5. The van der Waals surface area contributed by atoms with Crippen LogP contribution in [0, 0.1) is 5.92 Å². The summed E-state index contributed by atoms with van der Waals surface area (Å²) in [6.45, 7) is 7.77. The van der Waals surface area contributed by atoms with Crippen molar-refractivity contribution < 1.29 is 24.2 Å². The van der Waals surface area contributed by atoms with Gasteiger partial charge in [-0.15, -0.1) is 13.2 Å². The zero-order valence-corrected chi connectivity index (χ0v) is 20.7. The molecule has 2 rings (SSSR count). The molecule has 2 aromatic carbocycles.